The molecule has 0 aliphatic heterocycles. The molecule has 0 radical (unpaired) electrons. The molecule has 0 saturated heterocycles. The molecular formula is C25H34N2O3. The maximum Gasteiger partial charge on any atom is 0.262 e. The van der Waals surface area contributed by atoms with Crippen molar-refractivity contribution in [1.82, 2.24) is 5.32 Å². The van der Waals surface area contributed by atoms with Crippen molar-refractivity contribution in [2.45, 2.75) is 59.3 Å². The highest BCUT2D eigenvalue weighted by Gasteiger charge is 2.23. The third kappa shape index (κ3) is 6.09. The Kier molecular flexibility index (Phi) is 7.30. The van der Waals surface area contributed by atoms with Crippen molar-refractivity contribution in [3.8, 4) is 5.75 Å². The van der Waals surface area contributed by atoms with Crippen molar-refractivity contribution in [2.75, 3.05) is 18.5 Å². The fourth-order valence-corrected chi connectivity index (χ4v) is 3.08. The van der Waals surface area contributed by atoms with E-state index in [0.717, 1.165) is 5.56 Å². The predicted octanol–water partition coefficient (Wildman–Crippen LogP) is 5.05. The van der Waals surface area contributed by atoms with Gasteiger partial charge in [-0.2, -0.15) is 0 Å². The van der Waals surface area contributed by atoms with Crippen LogP contribution in [0.5, 0.6) is 5.75 Å². The van der Waals surface area contributed by atoms with Crippen LogP contribution in [0, 0.1) is 0 Å². The Morgan fingerprint density at radius 1 is 0.933 bits per heavy atom. The molecule has 0 aliphatic carbocycles. The van der Waals surface area contributed by atoms with Crippen LogP contribution in [0.4, 0.5) is 5.69 Å². The minimum absolute atomic E-state index is 0.0265. The second-order valence-corrected chi connectivity index (χ2v) is 9.45. The molecule has 2 aromatic rings. The lowest BCUT2D eigenvalue weighted by Crippen LogP contribution is -2.26. The number of hydrogen-bond acceptors (Lipinski definition) is 3. The SMILES string of the molecule is CCNC(=O)c1ccccc1NC(=O)COc1ccc(C(C)(C)C)cc1C(C)(C)C. The van der Waals surface area contributed by atoms with E-state index in [2.05, 4.69) is 58.2 Å². The summed E-state index contributed by atoms with van der Waals surface area (Å²) >= 11 is 0. The van der Waals surface area contributed by atoms with E-state index in [0.29, 0.717) is 23.5 Å². The lowest BCUT2D eigenvalue weighted by molar-refractivity contribution is -0.118. The molecule has 30 heavy (non-hydrogen) atoms. The highest BCUT2D eigenvalue weighted by molar-refractivity contribution is 6.04. The fraction of sp³-hybridized carbons (Fsp3) is 0.440. The summed E-state index contributed by atoms with van der Waals surface area (Å²) in [5.41, 5.74) is 3.08. The van der Waals surface area contributed by atoms with Crippen LogP contribution >= 0.6 is 0 Å². The predicted molar refractivity (Wildman–Crippen MR) is 122 cm³/mol. The average molecular weight is 411 g/mol. The quantitative estimate of drug-likeness (QED) is 0.700. The van der Waals surface area contributed by atoms with E-state index in [1.54, 1.807) is 24.3 Å². The summed E-state index contributed by atoms with van der Waals surface area (Å²) in [5.74, 6) is 0.163. The van der Waals surface area contributed by atoms with E-state index in [1.807, 2.05) is 19.1 Å². The van der Waals surface area contributed by atoms with E-state index in [9.17, 15) is 9.59 Å². The molecule has 0 saturated carbocycles. The minimum Gasteiger partial charge on any atom is -0.483 e. The Labute approximate surface area is 180 Å². The van der Waals surface area contributed by atoms with Gasteiger partial charge in [-0.15, -0.1) is 0 Å². The number of para-hydroxylation sites is 1. The second-order valence-electron chi connectivity index (χ2n) is 9.45. The number of carbonyl (C=O) groups excluding carboxylic acids is 2. The highest BCUT2D eigenvalue weighted by Crippen LogP contribution is 2.35. The van der Waals surface area contributed by atoms with Gasteiger partial charge in [0.25, 0.3) is 11.8 Å². The summed E-state index contributed by atoms with van der Waals surface area (Å²) in [5, 5.41) is 5.54. The van der Waals surface area contributed by atoms with Gasteiger partial charge in [0, 0.05) is 6.54 Å². The summed E-state index contributed by atoms with van der Waals surface area (Å²) in [7, 11) is 0. The van der Waals surface area contributed by atoms with E-state index in [1.165, 1.54) is 5.56 Å². The Morgan fingerprint density at radius 3 is 2.20 bits per heavy atom. The number of benzene rings is 2. The Balaban J connectivity index is 2.17. The monoisotopic (exact) mass is 410 g/mol. The number of rotatable bonds is 6. The third-order valence-electron chi connectivity index (χ3n) is 4.80. The molecule has 0 aromatic heterocycles. The van der Waals surface area contributed by atoms with Crippen molar-refractivity contribution in [2.24, 2.45) is 0 Å². The lowest BCUT2D eigenvalue weighted by atomic mass is 9.80. The van der Waals surface area contributed by atoms with Gasteiger partial charge in [0.2, 0.25) is 0 Å². The van der Waals surface area contributed by atoms with Gasteiger partial charge in [0.1, 0.15) is 5.75 Å². The van der Waals surface area contributed by atoms with Crippen molar-refractivity contribution >= 4 is 17.5 Å². The molecule has 2 amide bonds. The van der Waals surface area contributed by atoms with Crippen LogP contribution in [0.1, 0.15) is 70.0 Å². The molecule has 2 aromatic carbocycles. The normalized spacial score (nSPS) is 11.7. The highest BCUT2D eigenvalue weighted by atomic mass is 16.5. The lowest BCUT2D eigenvalue weighted by Gasteiger charge is -2.27. The third-order valence-corrected chi connectivity index (χ3v) is 4.80. The smallest absolute Gasteiger partial charge is 0.262 e. The van der Waals surface area contributed by atoms with Gasteiger partial charge in [-0.05, 0) is 47.1 Å². The molecule has 5 heteroatoms. The van der Waals surface area contributed by atoms with Crippen molar-refractivity contribution in [1.29, 1.82) is 0 Å². The molecule has 0 unspecified atom stereocenters. The van der Waals surface area contributed by atoms with E-state index >= 15 is 0 Å². The van der Waals surface area contributed by atoms with Crippen LogP contribution in [0.2, 0.25) is 0 Å². The number of hydrogen-bond donors (Lipinski definition) is 2. The van der Waals surface area contributed by atoms with Crippen LogP contribution in [0.15, 0.2) is 42.5 Å². The van der Waals surface area contributed by atoms with Crippen LogP contribution < -0.4 is 15.4 Å². The molecule has 0 fully saturated rings. The zero-order valence-corrected chi connectivity index (χ0v) is 19.2. The molecule has 0 bridgehead atoms. The first-order valence-electron chi connectivity index (χ1n) is 10.4. The molecule has 2 rings (SSSR count). The van der Waals surface area contributed by atoms with Gasteiger partial charge < -0.3 is 15.4 Å². The van der Waals surface area contributed by atoms with Gasteiger partial charge in [-0.25, -0.2) is 0 Å². The van der Waals surface area contributed by atoms with Gasteiger partial charge in [0.15, 0.2) is 6.61 Å². The molecular weight excluding hydrogens is 376 g/mol. The van der Waals surface area contributed by atoms with Crippen LogP contribution in [0.25, 0.3) is 0 Å². The van der Waals surface area contributed by atoms with Crippen LogP contribution in [0.3, 0.4) is 0 Å². The molecule has 2 N–H and O–H groups in total. The average Bonchev–Trinajstić information content (AvgIpc) is 2.65. The maximum atomic E-state index is 12.5. The second kappa shape index (κ2) is 9.33. The maximum absolute atomic E-state index is 12.5. The van der Waals surface area contributed by atoms with Gasteiger partial charge in [-0.1, -0.05) is 65.8 Å². The van der Waals surface area contributed by atoms with Crippen molar-refractivity contribution in [3.63, 3.8) is 0 Å². The zero-order valence-electron chi connectivity index (χ0n) is 19.2. The molecule has 0 heterocycles. The summed E-state index contributed by atoms with van der Waals surface area (Å²) in [4.78, 5) is 24.7. The molecule has 0 spiro atoms. The first kappa shape index (κ1) is 23.5. The Bertz CT molecular complexity index is 905. The number of nitrogens with one attached hydrogen (secondary N) is 2. The van der Waals surface area contributed by atoms with Crippen molar-refractivity contribution < 1.29 is 14.3 Å². The minimum atomic E-state index is -0.313. The van der Waals surface area contributed by atoms with Gasteiger partial charge >= 0.3 is 0 Å². The summed E-state index contributed by atoms with van der Waals surface area (Å²) < 4.78 is 5.90. The largest absolute Gasteiger partial charge is 0.483 e. The molecule has 0 aliphatic rings. The van der Waals surface area contributed by atoms with E-state index in [-0.39, 0.29) is 29.3 Å². The fourth-order valence-electron chi connectivity index (χ4n) is 3.08. The Morgan fingerprint density at radius 2 is 1.60 bits per heavy atom. The molecule has 162 valence electrons. The number of anilines is 1. The standard InChI is InChI=1S/C25H34N2O3/c1-8-26-23(29)18-11-9-10-12-20(18)27-22(28)16-30-21-14-13-17(24(2,3)4)15-19(21)25(5,6)7/h9-15H,8,16H2,1-7H3,(H,26,29)(H,27,28). The van der Waals surface area contributed by atoms with Gasteiger partial charge in [-0.3, -0.25) is 9.59 Å². The first-order chi connectivity index (χ1) is 13.9. The number of amides is 2. The van der Waals surface area contributed by atoms with Crippen molar-refractivity contribution in [3.05, 3.63) is 59.2 Å². The first-order valence-corrected chi connectivity index (χ1v) is 10.4. The Hall–Kier alpha value is -2.82. The summed E-state index contributed by atoms with van der Waals surface area (Å²) in [6.07, 6.45) is 0. The number of carbonyl (C=O) groups is 2. The summed E-state index contributed by atoms with van der Waals surface area (Å²) in [6.45, 7) is 15.1. The molecule has 0 atom stereocenters. The van der Waals surface area contributed by atoms with E-state index in [4.69, 9.17) is 4.74 Å². The zero-order chi connectivity index (χ0) is 22.5. The summed E-state index contributed by atoms with van der Waals surface area (Å²) in [6, 6.07) is 13.1. The van der Waals surface area contributed by atoms with Crippen LogP contribution in [-0.4, -0.2) is 25.0 Å². The topological polar surface area (TPSA) is 67.4 Å². The van der Waals surface area contributed by atoms with E-state index < -0.39 is 0 Å². The number of ether oxygens (including phenoxy) is 1. The molecule has 5 nitrogen and oxygen atoms in total. The van der Waals surface area contributed by atoms with Gasteiger partial charge in [0.05, 0.1) is 11.3 Å². The van der Waals surface area contributed by atoms with Crippen LogP contribution in [-0.2, 0) is 15.6 Å².